The summed E-state index contributed by atoms with van der Waals surface area (Å²) in [6.07, 6.45) is 3.28. The predicted molar refractivity (Wildman–Crippen MR) is 49.9 cm³/mol. The number of rotatable bonds is 0. The van der Waals surface area contributed by atoms with E-state index < -0.39 is 0 Å². The highest BCUT2D eigenvalue weighted by atomic mass is 79.9. The highest BCUT2D eigenvalue weighted by molar-refractivity contribution is 9.10. The lowest BCUT2D eigenvalue weighted by atomic mass is 10.8. The van der Waals surface area contributed by atoms with E-state index in [1.807, 2.05) is 6.07 Å². The van der Waals surface area contributed by atoms with Crippen LogP contribution in [0.1, 0.15) is 0 Å². The summed E-state index contributed by atoms with van der Waals surface area (Å²) >= 11 is 8.50. The van der Waals surface area contributed by atoms with Crippen molar-refractivity contribution in [3.63, 3.8) is 0 Å². The second kappa shape index (κ2) is 4.95. The minimum atomic E-state index is 0.579. The molecule has 12 heavy (non-hydrogen) atoms. The summed E-state index contributed by atoms with van der Waals surface area (Å²) in [6.45, 7) is 0. The summed E-state index contributed by atoms with van der Waals surface area (Å²) in [4.78, 5) is 0. The summed E-state index contributed by atoms with van der Waals surface area (Å²) < 4.78 is 0.919. The van der Waals surface area contributed by atoms with E-state index in [1.165, 1.54) is 0 Å². The molecule has 0 saturated carbocycles. The van der Waals surface area contributed by atoms with Crippen LogP contribution in [0.25, 0.3) is 0 Å². The van der Waals surface area contributed by atoms with Crippen LogP contribution in [0.15, 0.2) is 29.1 Å². The van der Waals surface area contributed by atoms with Gasteiger partial charge >= 0.3 is 0 Å². The van der Waals surface area contributed by atoms with Crippen LogP contribution in [-0.4, -0.2) is 20.4 Å². The Kier molecular flexibility index (Phi) is 3.83. The van der Waals surface area contributed by atoms with Crippen molar-refractivity contribution in [2.24, 2.45) is 0 Å². The van der Waals surface area contributed by atoms with E-state index in [-0.39, 0.29) is 0 Å². The maximum atomic E-state index is 5.34. The van der Waals surface area contributed by atoms with Gasteiger partial charge in [-0.05, 0) is 28.1 Å². The van der Waals surface area contributed by atoms with Gasteiger partial charge in [-0.2, -0.15) is 10.2 Å². The van der Waals surface area contributed by atoms with Crippen molar-refractivity contribution in [1.82, 2.24) is 20.4 Å². The standard InChI is InChI=1S/C3H3BrN2.C3H3ClN2/c2*4-3-1-2-5-6-3/h2*1-2H,(H,5,6). The molecule has 2 N–H and O–H groups in total. The SMILES string of the molecule is Brc1ccn[nH]1.Clc1ccn[nH]1. The van der Waals surface area contributed by atoms with Gasteiger partial charge in [0.05, 0.1) is 6.20 Å². The zero-order valence-electron chi connectivity index (χ0n) is 5.96. The summed E-state index contributed by atoms with van der Waals surface area (Å²) in [5.41, 5.74) is 0. The Labute approximate surface area is 82.5 Å². The molecule has 0 amide bonds. The van der Waals surface area contributed by atoms with Gasteiger partial charge in [-0.3, -0.25) is 10.2 Å². The average Bonchev–Trinajstić information content (AvgIpc) is 2.63. The quantitative estimate of drug-likeness (QED) is 0.752. The lowest BCUT2D eigenvalue weighted by Crippen LogP contribution is -1.59. The number of hydrogen-bond donors (Lipinski definition) is 2. The number of nitrogens with zero attached hydrogens (tertiary/aromatic N) is 2. The van der Waals surface area contributed by atoms with Crippen molar-refractivity contribution >= 4 is 27.5 Å². The number of aromatic nitrogens is 4. The van der Waals surface area contributed by atoms with Crippen LogP contribution < -0.4 is 0 Å². The molecular weight excluding hydrogens is 243 g/mol. The van der Waals surface area contributed by atoms with Gasteiger partial charge in [-0.25, -0.2) is 0 Å². The normalized spacial score (nSPS) is 8.83. The van der Waals surface area contributed by atoms with E-state index in [2.05, 4.69) is 36.3 Å². The van der Waals surface area contributed by atoms with Gasteiger partial charge in [0.15, 0.2) is 0 Å². The molecule has 0 atom stereocenters. The molecule has 6 heteroatoms. The second-order valence-corrected chi connectivity index (χ2v) is 3.07. The molecule has 0 saturated heterocycles. The van der Waals surface area contributed by atoms with Gasteiger partial charge in [0.1, 0.15) is 9.76 Å². The molecular formula is C6H6BrClN4. The molecule has 64 valence electrons. The molecule has 0 radical (unpaired) electrons. The van der Waals surface area contributed by atoms with Crippen LogP contribution in [0.4, 0.5) is 0 Å². The molecule has 0 fully saturated rings. The molecule has 0 aliphatic heterocycles. The van der Waals surface area contributed by atoms with E-state index in [1.54, 1.807) is 18.5 Å². The lowest BCUT2D eigenvalue weighted by Gasteiger charge is -1.65. The van der Waals surface area contributed by atoms with Crippen molar-refractivity contribution in [2.75, 3.05) is 0 Å². The fourth-order valence-electron chi connectivity index (χ4n) is 0.478. The predicted octanol–water partition coefficient (Wildman–Crippen LogP) is 2.24. The third-order valence-corrected chi connectivity index (χ3v) is 1.59. The number of nitrogens with one attached hydrogen (secondary N) is 2. The van der Waals surface area contributed by atoms with Crippen LogP contribution in [0.5, 0.6) is 0 Å². The average molecular weight is 249 g/mol. The fraction of sp³-hybridized carbons (Fsp3) is 0. The summed E-state index contributed by atoms with van der Waals surface area (Å²) in [7, 11) is 0. The zero-order chi connectivity index (χ0) is 8.81. The Morgan fingerprint density at radius 3 is 2.00 bits per heavy atom. The first-order valence-corrected chi connectivity index (χ1v) is 4.26. The van der Waals surface area contributed by atoms with Gasteiger partial charge in [0, 0.05) is 6.20 Å². The van der Waals surface area contributed by atoms with Crippen molar-refractivity contribution in [1.29, 1.82) is 0 Å². The van der Waals surface area contributed by atoms with E-state index >= 15 is 0 Å². The minimum Gasteiger partial charge on any atom is -0.271 e. The first kappa shape index (κ1) is 9.28. The van der Waals surface area contributed by atoms with Gasteiger partial charge in [-0.15, -0.1) is 0 Å². The Balaban J connectivity index is 0.000000120. The van der Waals surface area contributed by atoms with Crippen molar-refractivity contribution in [3.05, 3.63) is 34.3 Å². The van der Waals surface area contributed by atoms with Gasteiger partial charge in [0.25, 0.3) is 0 Å². The summed E-state index contributed by atoms with van der Waals surface area (Å²) in [6, 6.07) is 3.52. The largest absolute Gasteiger partial charge is 0.271 e. The topological polar surface area (TPSA) is 57.4 Å². The smallest absolute Gasteiger partial charge is 0.124 e. The van der Waals surface area contributed by atoms with Crippen LogP contribution in [0.3, 0.4) is 0 Å². The molecule has 2 heterocycles. The van der Waals surface area contributed by atoms with E-state index in [4.69, 9.17) is 11.6 Å². The summed E-state index contributed by atoms with van der Waals surface area (Å²) in [5, 5.41) is 13.0. The van der Waals surface area contributed by atoms with Crippen molar-refractivity contribution in [3.8, 4) is 0 Å². The monoisotopic (exact) mass is 248 g/mol. The molecule has 0 spiro atoms. The minimum absolute atomic E-state index is 0.579. The summed E-state index contributed by atoms with van der Waals surface area (Å²) in [5.74, 6) is 0. The Hall–Kier alpha value is -0.810. The Morgan fingerprint density at radius 2 is 1.83 bits per heavy atom. The number of halogens is 2. The van der Waals surface area contributed by atoms with Crippen molar-refractivity contribution in [2.45, 2.75) is 0 Å². The third-order valence-electron chi connectivity index (χ3n) is 0.934. The van der Waals surface area contributed by atoms with Crippen LogP contribution >= 0.6 is 27.5 Å². The molecule has 0 aliphatic rings. The van der Waals surface area contributed by atoms with E-state index in [9.17, 15) is 0 Å². The van der Waals surface area contributed by atoms with E-state index in [0.29, 0.717) is 5.15 Å². The number of hydrogen-bond acceptors (Lipinski definition) is 2. The fourth-order valence-corrected chi connectivity index (χ4v) is 0.804. The molecule has 0 unspecified atom stereocenters. The maximum Gasteiger partial charge on any atom is 0.124 e. The first-order valence-electron chi connectivity index (χ1n) is 3.09. The third kappa shape index (κ3) is 3.54. The zero-order valence-corrected chi connectivity index (χ0v) is 8.30. The van der Waals surface area contributed by atoms with Crippen LogP contribution in [0.2, 0.25) is 5.15 Å². The molecule has 2 rings (SSSR count). The second-order valence-electron chi connectivity index (χ2n) is 1.81. The molecule has 2 aromatic rings. The highest BCUT2D eigenvalue weighted by Gasteiger charge is 1.77. The van der Waals surface area contributed by atoms with Crippen LogP contribution in [-0.2, 0) is 0 Å². The van der Waals surface area contributed by atoms with E-state index in [0.717, 1.165) is 4.60 Å². The lowest BCUT2D eigenvalue weighted by molar-refractivity contribution is 1.07. The number of H-pyrrole nitrogens is 2. The van der Waals surface area contributed by atoms with Gasteiger partial charge in [-0.1, -0.05) is 11.6 Å². The molecule has 0 aliphatic carbocycles. The molecule has 2 aromatic heterocycles. The molecule has 4 nitrogen and oxygen atoms in total. The molecule has 0 aromatic carbocycles. The van der Waals surface area contributed by atoms with Gasteiger partial charge in [0.2, 0.25) is 0 Å². The van der Waals surface area contributed by atoms with Gasteiger partial charge < -0.3 is 0 Å². The maximum absolute atomic E-state index is 5.34. The number of aromatic amines is 2. The highest BCUT2D eigenvalue weighted by Crippen LogP contribution is 1.98. The first-order chi connectivity index (χ1) is 5.79. The van der Waals surface area contributed by atoms with Crippen LogP contribution in [0, 0.1) is 0 Å². The molecule has 0 bridgehead atoms. The Morgan fingerprint density at radius 1 is 1.17 bits per heavy atom. The van der Waals surface area contributed by atoms with Crippen molar-refractivity contribution < 1.29 is 0 Å². The Bertz CT molecular complexity index is 259.